The minimum absolute atomic E-state index is 0.835. The molecule has 0 aromatic carbocycles. The number of nitriles is 1. The molecule has 3 heteroatoms. The van der Waals surface area contributed by atoms with Gasteiger partial charge in [-0.05, 0) is 31.5 Å². The van der Waals surface area contributed by atoms with Crippen LogP contribution in [0.25, 0.3) is 0 Å². The summed E-state index contributed by atoms with van der Waals surface area (Å²) in [6.45, 7) is 1.01. The molecule has 0 bridgehead atoms. The molecule has 0 aliphatic heterocycles. The normalized spacial score (nSPS) is 10.2. The molecule has 1 heterocycles. The van der Waals surface area contributed by atoms with Crippen molar-refractivity contribution in [1.82, 2.24) is 4.90 Å². The highest BCUT2D eigenvalue weighted by atomic mass is 32.1. The first kappa shape index (κ1) is 9.24. The number of nitrogens with zero attached hydrogens (tertiary/aromatic N) is 2. The van der Waals surface area contributed by atoms with Crippen LogP contribution in [-0.2, 0) is 6.42 Å². The zero-order chi connectivity index (χ0) is 8.97. The fourth-order valence-electron chi connectivity index (χ4n) is 0.959. The lowest BCUT2D eigenvalue weighted by molar-refractivity contribution is 0.414. The third-order valence-corrected chi connectivity index (χ3v) is 2.48. The van der Waals surface area contributed by atoms with Gasteiger partial charge >= 0.3 is 0 Å². The molecule has 0 atom stereocenters. The summed E-state index contributed by atoms with van der Waals surface area (Å²) in [5, 5.41) is 12.7. The van der Waals surface area contributed by atoms with E-state index in [4.69, 9.17) is 5.26 Å². The first-order chi connectivity index (χ1) is 5.74. The molecule has 0 N–H and O–H groups in total. The van der Waals surface area contributed by atoms with Crippen molar-refractivity contribution in [2.24, 2.45) is 0 Å². The molecule has 0 amide bonds. The van der Waals surface area contributed by atoms with Crippen LogP contribution in [0, 0.1) is 11.3 Å². The highest BCUT2D eigenvalue weighted by Crippen LogP contribution is 2.14. The van der Waals surface area contributed by atoms with Crippen LogP contribution < -0.4 is 0 Å². The Morgan fingerprint density at radius 1 is 1.50 bits per heavy atom. The Labute approximate surface area is 77.0 Å². The molecule has 0 unspecified atom stereocenters. The SMILES string of the molecule is CN(C)CCc1cscc1C#N. The third-order valence-electron chi connectivity index (χ3n) is 1.69. The topological polar surface area (TPSA) is 27.0 Å². The summed E-state index contributed by atoms with van der Waals surface area (Å²) in [7, 11) is 4.08. The van der Waals surface area contributed by atoms with Crippen LogP contribution in [0.2, 0.25) is 0 Å². The second-order valence-corrected chi connectivity index (χ2v) is 3.72. The first-order valence-electron chi connectivity index (χ1n) is 3.84. The van der Waals surface area contributed by atoms with Gasteiger partial charge in [-0.15, -0.1) is 0 Å². The van der Waals surface area contributed by atoms with Crippen LogP contribution in [0.15, 0.2) is 10.8 Å². The highest BCUT2D eigenvalue weighted by molar-refractivity contribution is 7.08. The fourth-order valence-corrected chi connectivity index (χ4v) is 1.78. The van der Waals surface area contributed by atoms with Gasteiger partial charge in [-0.25, -0.2) is 0 Å². The van der Waals surface area contributed by atoms with Crippen molar-refractivity contribution in [3.8, 4) is 6.07 Å². The molecule has 0 spiro atoms. The summed E-state index contributed by atoms with van der Waals surface area (Å²) in [5.74, 6) is 0. The minimum Gasteiger partial charge on any atom is -0.309 e. The molecular formula is C9H12N2S. The van der Waals surface area contributed by atoms with E-state index in [1.54, 1.807) is 11.3 Å². The van der Waals surface area contributed by atoms with E-state index >= 15 is 0 Å². The number of hydrogen-bond acceptors (Lipinski definition) is 3. The Kier molecular flexibility index (Phi) is 3.27. The van der Waals surface area contributed by atoms with Crippen LogP contribution in [-0.4, -0.2) is 25.5 Å². The van der Waals surface area contributed by atoms with E-state index in [0.717, 1.165) is 18.5 Å². The molecule has 1 aromatic rings. The molecular weight excluding hydrogens is 168 g/mol. The smallest absolute Gasteiger partial charge is 0.100 e. The van der Waals surface area contributed by atoms with E-state index in [-0.39, 0.29) is 0 Å². The van der Waals surface area contributed by atoms with E-state index in [2.05, 4.69) is 16.3 Å². The van der Waals surface area contributed by atoms with Gasteiger partial charge in [0.2, 0.25) is 0 Å². The number of hydrogen-bond donors (Lipinski definition) is 0. The van der Waals surface area contributed by atoms with Gasteiger partial charge in [0.25, 0.3) is 0 Å². The van der Waals surface area contributed by atoms with Gasteiger partial charge in [-0.3, -0.25) is 0 Å². The standard InChI is InChI=1S/C9H12N2S/c1-11(2)4-3-8-6-12-7-9(8)5-10/h6-7H,3-4H2,1-2H3. The third kappa shape index (κ3) is 2.33. The van der Waals surface area contributed by atoms with Crippen molar-refractivity contribution < 1.29 is 0 Å². The summed E-state index contributed by atoms with van der Waals surface area (Å²) < 4.78 is 0. The highest BCUT2D eigenvalue weighted by Gasteiger charge is 2.02. The van der Waals surface area contributed by atoms with Gasteiger partial charge in [0.15, 0.2) is 0 Å². The number of thiophene rings is 1. The molecule has 1 rings (SSSR count). The molecule has 12 heavy (non-hydrogen) atoms. The quantitative estimate of drug-likeness (QED) is 0.708. The van der Waals surface area contributed by atoms with Crippen molar-refractivity contribution in [2.45, 2.75) is 6.42 Å². The van der Waals surface area contributed by atoms with E-state index in [1.807, 2.05) is 19.5 Å². The van der Waals surface area contributed by atoms with Crippen LogP contribution in [0.5, 0.6) is 0 Å². The lowest BCUT2D eigenvalue weighted by Crippen LogP contribution is -2.15. The molecule has 1 aromatic heterocycles. The van der Waals surface area contributed by atoms with Crippen LogP contribution in [0.3, 0.4) is 0 Å². The van der Waals surface area contributed by atoms with Crippen molar-refractivity contribution in [1.29, 1.82) is 5.26 Å². The molecule has 0 aliphatic rings. The number of rotatable bonds is 3. The first-order valence-corrected chi connectivity index (χ1v) is 4.78. The molecule has 0 aliphatic carbocycles. The van der Waals surface area contributed by atoms with Crippen molar-refractivity contribution in [3.05, 3.63) is 21.9 Å². The lowest BCUT2D eigenvalue weighted by atomic mass is 10.1. The van der Waals surface area contributed by atoms with Crippen molar-refractivity contribution >= 4 is 11.3 Å². The minimum atomic E-state index is 0.835. The van der Waals surface area contributed by atoms with Gasteiger partial charge in [0.1, 0.15) is 6.07 Å². The summed E-state index contributed by atoms with van der Waals surface area (Å²) in [5.41, 5.74) is 2.01. The lowest BCUT2D eigenvalue weighted by Gasteiger charge is -2.07. The van der Waals surface area contributed by atoms with Crippen molar-refractivity contribution in [3.63, 3.8) is 0 Å². The Hall–Kier alpha value is -0.850. The summed E-state index contributed by atoms with van der Waals surface area (Å²) in [6.07, 6.45) is 0.972. The van der Waals surface area contributed by atoms with Gasteiger partial charge in [-0.1, -0.05) is 0 Å². The zero-order valence-corrected chi connectivity index (χ0v) is 8.19. The molecule has 0 saturated carbocycles. The van der Waals surface area contributed by atoms with E-state index in [1.165, 1.54) is 5.56 Å². The molecule has 0 fully saturated rings. The van der Waals surface area contributed by atoms with E-state index in [0.29, 0.717) is 0 Å². The predicted molar refractivity (Wildman–Crippen MR) is 51.3 cm³/mol. The molecule has 2 nitrogen and oxygen atoms in total. The van der Waals surface area contributed by atoms with E-state index in [9.17, 15) is 0 Å². The van der Waals surface area contributed by atoms with E-state index < -0.39 is 0 Å². The second kappa shape index (κ2) is 4.24. The van der Waals surface area contributed by atoms with Crippen LogP contribution in [0.4, 0.5) is 0 Å². The van der Waals surface area contributed by atoms with Gasteiger partial charge < -0.3 is 4.90 Å². The average molecular weight is 180 g/mol. The maximum atomic E-state index is 8.72. The summed E-state index contributed by atoms with van der Waals surface area (Å²) in [4.78, 5) is 2.12. The van der Waals surface area contributed by atoms with Gasteiger partial charge in [-0.2, -0.15) is 16.6 Å². The Morgan fingerprint density at radius 2 is 2.25 bits per heavy atom. The van der Waals surface area contributed by atoms with Crippen LogP contribution >= 0.6 is 11.3 Å². The molecule has 0 radical (unpaired) electrons. The fraction of sp³-hybridized carbons (Fsp3) is 0.444. The Bertz CT molecular complexity index is 283. The average Bonchev–Trinajstić information content (AvgIpc) is 2.47. The van der Waals surface area contributed by atoms with Crippen molar-refractivity contribution in [2.75, 3.05) is 20.6 Å². The molecule has 0 saturated heterocycles. The summed E-state index contributed by atoms with van der Waals surface area (Å²) >= 11 is 1.60. The predicted octanol–water partition coefficient (Wildman–Crippen LogP) is 1.72. The van der Waals surface area contributed by atoms with Gasteiger partial charge in [0, 0.05) is 11.9 Å². The zero-order valence-electron chi connectivity index (χ0n) is 7.37. The monoisotopic (exact) mass is 180 g/mol. The molecule has 64 valence electrons. The Morgan fingerprint density at radius 3 is 2.83 bits per heavy atom. The summed E-state index contributed by atoms with van der Waals surface area (Å²) in [6, 6.07) is 2.19. The maximum Gasteiger partial charge on any atom is 0.100 e. The van der Waals surface area contributed by atoms with Crippen LogP contribution in [0.1, 0.15) is 11.1 Å². The second-order valence-electron chi connectivity index (χ2n) is 2.98. The number of likely N-dealkylation sites (N-methyl/N-ethyl adjacent to an activating group) is 1. The largest absolute Gasteiger partial charge is 0.309 e. The Balaban J connectivity index is 2.58. The maximum absolute atomic E-state index is 8.72. The van der Waals surface area contributed by atoms with Gasteiger partial charge in [0.05, 0.1) is 5.56 Å².